The first-order chi connectivity index (χ1) is 11.4. The molecule has 0 fully saturated rings. The highest BCUT2D eigenvalue weighted by molar-refractivity contribution is 5.93. The van der Waals surface area contributed by atoms with Gasteiger partial charge >= 0.3 is 5.97 Å². The van der Waals surface area contributed by atoms with Crippen molar-refractivity contribution in [2.75, 3.05) is 6.61 Å². The molecule has 0 saturated heterocycles. The van der Waals surface area contributed by atoms with Crippen LogP contribution in [0.15, 0.2) is 6.07 Å². The zero-order chi connectivity index (χ0) is 17.5. The predicted molar refractivity (Wildman–Crippen MR) is 85.7 cm³/mol. The van der Waals surface area contributed by atoms with Gasteiger partial charge in [-0.1, -0.05) is 6.92 Å². The van der Waals surface area contributed by atoms with Crippen molar-refractivity contribution in [3.8, 4) is 6.07 Å². The summed E-state index contributed by atoms with van der Waals surface area (Å²) in [6, 6.07) is 3.30. The van der Waals surface area contributed by atoms with E-state index >= 15 is 0 Å². The van der Waals surface area contributed by atoms with Crippen LogP contribution in [-0.4, -0.2) is 17.6 Å². The molecule has 0 bridgehead atoms. The number of rotatable bonds is 3. The quantitative estimate of drug-likeness (QED) is 0.873. The van der Waals surface area contributed by atoms with Gasteiger partial charge in [-0.25, -0.2) is 4.39 Å². The van der Waals surface area contributed by atoms with Crippen molar-refractivity contribution < 1.29 is 18.7 Å². The van der Waals surface area contributed by atoms with Crippen molar-refractivity contribution in [1.29, 1.82) is 5.26 Å². The fourth-order valence-electron chi connectivity index (χ4n) is 3.53. The lowest BCUT2D eigenvalue weighted by Crippen LogP contribution is -2.39. The number of nitrogens with one attached hydrogen (secondary N) is 1. The molecule has 3 rings (SSSR count). The zero-order valence-corrected chi connectivity index (χ0v) is 14.0. The Morgan fingerprint density at radius 3 is 2.96 bits per heavy atom. The van der Waals surface area contributed by atoms with Gasteiger partial charge in [0.25, 0.3) is 5.79 Å². The number of carbonyl (C=O) groups excluding carboxylic acids is 1. The van der Waals surface area contributed by atoms with Crippen LogP contribution in [0.4, 0.5) is 4.39 Å². The molecule has 1 N–H and O–H groups in total. The summed E-state index contributed by atoms with van der Waals surface area (Å²) in [5.41, 5.74) is 2.82. The Morgan fingerprint density at radius 2 is 2.33 bits per heavy atom. The normalized spacial score (nSPS) is 19.8. The minimum atomic E-state index is -1.21. The summed E-state index contributed by atoms with van der Waals surface area (Å²) in [6.45, 7) is 5.43. The molecule has 6 heteroatoms. The molecule has 5 nitrogen and oxygen atoms in total. The van der Waals surface area contributed by atoms with Gasteiger partial charge in [-0.3, -0.25) is 4.79 Å². The molecule has 1 aromatic heterocycles. The molecular weight excluding hydrogens is 311 g/mol. The van der Waals surface area contributed by atoms with Gasteiger partial charge in [0.2, 0.25) is 0 Å². The number of esters is 1. The van der Waals surface area contributed by atoms with E-state index in [9.17, 15) is 14.4 Å². The lowest BCUT2D eigenvalue weighted by Gasteiger charge is -2.36. The van der Waals surface area contributed by atoms with Crippen LogP contribution in [0.1, 0.15) is 49.1 Å². The van der Waals surface area contributed by atoms with E-state index in [1.807, 2.05) is 13.0 Å². The lowest BCUT2D eigenvalue weighted by atomic mass is 9.94. The number of benzene rings is 1. The minimum absolute atomic E-state index is 0.0169. The van der Waals surface area contributed by atoms with Gasteiger partial charge < -0.3 is 14.5 Å². The standard InChI is InChI=1S/C18H19FN2O3/c1-4-6-18(24-11(3)22)17-12(5-7-23-18)15-13(9-20)14(19)8-10(2)16(15)21-17/h8,21H,4-7H2,1-3H3. The summed E-state index contributed by atoms with van der Waals surface area (Å²) in [5.74, 6) is -2.19. The van der Waals surface area contributed by atoms with E-state index in [1.54, 1.807) is 6.92 Å². The summed E-state index contributed by atoms with van der Waals surface area (Å²) in [5, 5.41) is 9.96. The number of nitrogens with zero attached hydrogens (tertiary/aromatic N) is 1. The molecule has 1 unspecified atom stereocenters. The first kappa shape index (κ1) is 16.5. The van der Waals surface area contributed by atoms with Gasteiger partial charge in [0.15, 0.2) is 0 Å². The third kappa shape index (κ3) is 2.36. The molecule has 0 aliphatic carbocycles. The number of fused-ring (bicyclic) bond motifs is 3. The van der Waals surface area contributed by atoms with Gasteiger partial charge in [0.1, 0.15) is 11.9 Å². The van der Waals surface area contributed by atoms with Crippen LogP contribution in [0.2, 0.25) is 0 Å². The number of aromatic amines is 1. The summed E-state index contributed by atoms with van der Waals surface area (Å²) in [7, 11) is 0. The highest BCUT2D eigenvalue weighted by Gasteiger charge is 2.43. The number of aromatic nitrogens is 1. The second-order valence-electron chi connectivity index (χ2n) is 6.09. The third-order valence-electron chi connectivity index (χ3n) is 4.40. The Labute approximate surface area is 139 Å². The van der Waals surface area contributed by atoms with Gasteiger partial charge in [0.05, 0.1) is 23.4 Å². The number of carbonyl (C=O) groups is 1. The average Bonchev–Trinajstić information content (AvgIpc) is 2.89. The predicted octanol–water partition coefficient (Wildman–Crippen LogP) is 3.58. The van der Waals surface area contributed by atoms with E-state index in [0.29, 0.717) is 41.6 Å². The number of hydrogen-bond acceptors (Lipinski definition) is 4. The van der Waals surface area contributed by atoms with Crippen molar-refractivity contribution in [1.82, 2.24) is 4.98 Å². The number of aryl methyl sites for hydroxylation is 1. The van der Waals surface area contributed by atoms with Crippen LogP contribution >= 0.6 is 0 Å². The van der Waals surface area contributed by atoms with E-state index in [1.165, 1.54) is 13.0 Å². The van der Waals surface area contributed by atoms with E-state index < -0.39 is 17.6 Å². The molecule has 0 radical (unpaired) electrons. The van der Waals surface area contributed by atoms with Crippen LogP contribution in [0.25, 0.3) is 10.9 Å². The summed E-state index contributed by atoms with van der Waals surface area (Å²) < 4.78 is 25.6. The van der Waals surface area contributed by atoms with E-state index in [-0.39, 0.29) is 5.56 Å². The first-order valence-electron chi connectivity index (χ1n) is 8.01. The number of ether oxygens (including phenoxy) is 2. The summed E-state index contributed by atoms with van der Waals surface area (Å²) in [6.07, 6.45) is 1.75. The fourth-order valence-corrected chi connectivity index (χ4v) is 3.53. The smallest absolute Gasteiger partial charge is 0.305 e. The van der Waals surface area contributed by atoms with Crippen molar-refractivity contribution in [3.63, 3.8) is 0 Å². The molecule has 1 aliphatic rings. The van der Waals surface area contributed by atoms with Crippen LogP contribution in [0.5, 0.6) is 0 Å². The largest absolute Gasteiger partial charge is 0.427 e. The second-order valence-corrected chi connectivity index (χ2v) is 6.09. The monoisotopic (exact) mass is 330 g/mol. The number of H-pyrrole nitrogens is 1. The second kappa shape index (κ2) is 5.91. The summed E-state index contributed by atoms with van der Waals surface area (Å²) >= 11 is 0. The molecule has 24 heavy (non-hydrogen) atoms. The number of halogens is 1. The molecule has 2 aromatic rings. The maximum Gasteiger partial charge on any atom is 0.305 e. The van der Waals surface area contributed by atoms with Crippen molar-refractivity contribution >= 4 is 16.9 Å². The van der Waals surface area contributed by atoms with Gasteiger partial charge in [0, 0.05) is 18.7 Å². The number of hydrogen-bond donors (Lipinski definition) is 1. The van der Waals surface area contributed by atoms with Crippen LogP contribution < -0.4 is 0 Å². The SMILES string of the molecule is CCCC1(OC(C)=O)OCCc2c1[nH]c1c(C)cc(F)c(C#N)c21. The van der Waals surface area contributed by atoms with Crippen LogP contribution in [-0.2, 0) is 26.5 Å². The molecule has 126 valence electrons. The van der Waals surface area contributed by atoms with Gasteiger partial charge in [-0.2, -0.15) is 5.26 Å². The molecular formula is C18H19FN2O3. The van der Waals surface area contributed by atoms with E-state index in [2.05, 4.69) is 4.98 Å². The molecule has 0 amide bonds. The fraction of sp³-hybridized carbons (Fsp3) is 0.444. The molecule has 2 heterocycles. The van der Waals surface area contributed by atoms with Crippen LogP contribution in [0, 0.1) is 24.1 Å². The molecule has 1 aliphatic heterocycles. The molecule has 0 spiro atoms. The lowest BCUT2D eigenvalue weighted by molar-refractivity contribution is -0.247. The third-order valence-corrected chi connectivity index (χ3v) is 4.40. The maximum atomic E-state index is 14.2. The first-order valence-corrected chi connectivity index (χ1v) is 8.01. The van der Waals surface area contributed by atoms with Crippen molar-refractivity contribution in [2.45, 2.75) is 45.8 Å². The number of nitriles is 1. The summed E-state index contributed by atoms with van der Waals surface area (Å²) in [4.78, 5) is 14.9. The minimum Gasteiger partial charge on any atom is -0.427 e. The van der Waals surface area contributed by atoms with Gasteiger partial charge in [-0.15, -0.1) is 0 Å². The maximum absolute atomic E-state index is 14.2. The molecule has 1 atom stereocenters. The van der Waals surface area contributed by atoms with Gasteiger partial charge in [-0.05, 0) is 37.0 Å². The zero-order valence-electron chi connectivity index (χ0n) is 14.0. The Morgan fingerprint density at radius 1 is 1.58 bits per heavy atom. The Balaban J connectivity index is 2.34. The Bertz CT molecular complexity index is 865. The average molecular weight is 330 g/mol. The van der Waals surface area contributed by atoms with E-state index in [4.69, 9.17) is 9.47 Å². The molecule has 1 aromatic carbocycles. The highest BCUT2D eigenvalue weighted by atomic mass is 19.1. The van der Waals surface area contributed by atoms with Crippen LogP contribution in [0.3, 0.4) is 0 Å². The van der Waals surface area contributed by atoms with Crippen molar-refractivity contribution in [2.24, 2.45) is 0 Å². The Hall–Kier alpha value is -2.39. The van der Waals surface area contributed by atoms with E-state index in [0.717, 1.165) is 12.0 Å². The Kier molecular flexibility index (Phi) is 4.06. The topological polar surface area (TPSA) is 75.1 Å². The van der Waals surface area contributed by atoms with Crippen molar-refractivity contribution in [3.05, 3.63) is 34.3 Å². The molecule has 0 saturated carbocycles. The highest BCUT2D eigenvalue weighted by Crippen LogP contribution is 2.42.